The Morgan fingerprint density at radius 3 is 2.33 bits per heavy atom. The lowest BCUT2D eigenvalue weighted by atomic mass is 10.0. The lowest BCUT2D eigenvalue weighted by Gasteiger charge is -2.32. The zero-order valence-electron chi connectivity index (χ0n) is 18.0. The maximum absolute atomic E-state index is 13.1. The van der Waals surface area contributed by atoms with Crippen molar-refractivity contribution in [3.05, 3.63) is 23.8 Å². The molecular formula is C21H33N3O5S. The Balaban J connectivity index is 1.75. The Labute approximate surface area is 179 Å². The number of benzene rings is 1. The van der Waals surface area contributed by atoms with Gasteiger partial charge in [0.05, 0.1) is 24.7 Å². The summed E-state index contributed by atoms with van der Waals surface area (Å²) in [5.74, 6) is 0.0123. The lowest BCUT2D eigenvalue weighted by molar-refractivity contribution is -0.120. The second kappa shape index (κ2) is 10.7. The summed E-state index contributed by atoms with van der Waals surface area (Å²) < 4.78 is 37.7. The van der Waals surface area contributed by atoms with Crippen molar-refractivity contribution in [2.24, 2.45) is 0 Å². The molecular weight excluding hydrogens is 406 g/mol. The van der Waals surface area contributed by atoms with Crippen molar-refractivity contribution in [2.45, 2.75) is 30.6 Å². The Kier molecular flexibility index (Phi) is 8.24. The third kappa shape index (κ3) is 5.39. The lowest BCUT2D eigenvalue weighted by Crippen LogP contribution is -2.44. The summed E-state index contributed by atoms with van der Waals surface area (Å²) in [5.41, 5.74) is 1.75. The minimum absolute atomic E-state index is 0.0123. The number of aryl methyl sites for hydroxylation is 1. The molecule has 1 aromatic rings. The molecule has 0 spiro atoms. The molecule has 1 saturated heterocycles. The molecule has 0 aromatic heterocycles. The normalized spacial score (nSPS) is 17.5. The van der Waals surface area contributed by atoms with Crippen LogP contribution in [-0.2, 0) is 30.7 Å². The molecule has 30 heavy (non-hydrogen) atoms. The summed E-state index contributed by atoms with van der Waals surface area (Å²) in [6.07, 6.45) is 3.42. The molecule has 0 N–H and O–H groups in total. The van der Waals surface area contributed by atoms with Gasteiger partial charge in [-0.05, 0) is 49.4 Å². The molecule has 9 heteroatoms. The van der Waals surface area contributed by atoms with Gasteiger partial charge in [-0.3, -0.25) is 9.69 Å². The molecule has 8 nitrogen and oxygen atoms in total. The van der Waals surface area contributed by atoms with Crippen molar-refractivity contribution in [3.8, 4) is 0 Å². The molecule has 0 aliphatic carbocycles. The summed E-state index contributed by atoms with van der Waals surface area (Å²) in [6.45, 7) is 4.49. The number of hydrogen-bond acceptors (Lipinski definition) is 6. The van der Waals surface area contributed by atoms with E-state index >= 15 is 0 Å². The Hall–Kier alpha value is -1.52. The monoisotopic (exact) mass is 439 g/mol. The van der Waals surface area contributed by atoms with Crippen LogP contribution >= 0.6 is 0 Å². The van der Waals surface area contributed by atoms with E-state index < -0.39 is 10.0 Å². The Morgan fingerprint density at radius 1 is 1.03 bits per heavy atom. The van der Waals surface area contributed by atoms with Gasteiger partial charge in [0.2, 0.25) is 15.9 Å². The van der Waals surface area contributed by atoms with Crippen LogP contribution in [0.1, 0.15) is 24.8 Å². The number of amides is 1. The average molecular weight is 440 g/mol. The molecule has 2 aliphatic rings. The van der Waals surface area contributed by atoms with Gasteiger partial charge in [-0.2, -0.15) is 4.31 Å². The van der Waals surface area contributed by atoms with E-state index in [0.29, 0.717) is 50.8 Å². The molecule has 0 unspecified atom stereocenters. The van der Waals surface area contributed by atoms with Crippen molar-refractivity contribution < 1.29 is 22.7 Å². The van der Waals surface area contributed by atoms with E-state index in [1.807, 2.05) is 4.90 Å². The third-order valence-electron chi connectivity index (χ3n) is 5.76. The number of nitrogens with zero attached hydrogens (tertiary/aromatic N) is 3. The maximum atomic E-state index is 13.1. The van der Waals surface area contributed by atoms with Gasteiger partial charge in [0, 0.05) is 52.6 Å². The molecule has 1 aromatic carbocycles. The van der Waals surface area contributed by atoms with Gasteiger partial charge in [-0.25, -0.2) is 8.42 Å². The van der Waals surface area contributed by atoms with Crippen LogP contribution in [0.5, 0.6) is 0 Å². The fourth-order valence-corrected chi connectivity index (χ4v) is 5.63. The summed E-state index contributed by atoms with van der Waals surface area (Å²) in [7, 11) is -0.168. The first kappa shape index (κ1) is 23.1. The topological polar surface area (TPSA) is 79.4 Å². The van der Waals surface area contributed by atoms with E-state index in [4.69, 9.17) is 9.47 Å². The summed E-state index contributed by atoms with van der Waals surface area (Å²) >= 11 is 0. The fraction of sp³-hybridized carbons (Fsp3) is 0.667. The quantitative estimate of drug-likeness (QED) is 0.548. The molecule has 0 bridgehead atoms. The van der Waals surface area contributed by atoms with Crippen molar-refractivity contribution in [2.75, 3.05) is 71.6 Å². The highest BCUT2D eigenvalue weighted by atomic mass is 32.2. The number of hydrogen-bond donors (Lipinski definition) is 0. The van der Waals surface area contributed by atoms with Crippen LogP contribution in [0, 0.1) is 0 Å². The first-order valence-corrected chi connectivity index (χ1v) is 12.0. The van der Waals surface area contributed by atoms with Gasteiger partial charge in [0.1, 0.15) is 0 Å². The van der Waals surface area contributed by atoms with Crippen LogP contribution in [0.3, 0.4) is 0 Å². The van der Waals surface area contributed by atoms with Crippen LogP contribution in [0.2, 0.25) is 0 Å². The SMILES string of the molecule is COCCN(CCOC)CC(=O)N1CCCc2cc(S(=O)(=O)N3CCCC3)ccc21. The molecule has 2 heterocycles. The van der Waals surface area contributed by atoms with Crippen LogP contribution in [-0.4, -0.2) is 90.2 Å². The standard InChI is InChI=1S/C21H33N3O5S/c1-28-14-12-22(13-15-29-2)17-21(25)24-11-5-6-18-16-19(7-8-20(18)24)30(26,27)23-9-3-4-10-23/h7-8,16H,3-6,9-15,17H2,1-2H3. The Bertz CT molecular complexity index is 816. The van der Waals surface area contributed by atoms with Crippen molar-refractivity contribution >= 4 is 21.6 Å². The maximum Gasteiger partial charge on any atom is 0.243 e. The smallest absolute Gasteiger partial charge is 0.243 e. The van der Waals surface area contributed by atoms with Gasteiger partial charge >= 0.3 is 0 Å². The van der Waals surface area contributed by atoms with E-state index in [1.165, 1.54) is 0 Å². The largest absolute Gasteiger partial charge is 0.383 e. The molecule has 3 rings (SSSR count). The highest BCUT2D eigenvalue weighted by Crippen LogP contribution is 2.31. The van der Waals surface area contributed by atoms with E-state index in [0.717, 1.165) is 36.9 Å². The van der Waals surface area contributed by atoms with Gasteiger partial charge < -0.3 is 14.4 Å². The average Bonchev–Trinajstić information content (AvgIpc) is 3.30. The van der Waals surface area contributed by atoms with Gasteiger partial charge in [0.15, 0.2) is 0 Å². The van der Waals surface area contributed by atoms with Gasteiger partial charge in [0.25, 0.3) is 0 Å². The van der Waals surface area contributed by atoms with E-state index in [-0.39, 0.29) is 12.5 Å². The number of carbonyl (C=O) groups excluding carboxylic acids is 1. The summed E-state index contributed by atoms with van der Waals surface area (Å²) in [5, 5.41) is 0. The first-order valence-electron chi connectivity index (χ1n) is 10.6. The van der Waals surface area contributed by atoms with Crippen molar-refractivity contribution in [1.82, 2.24) is 9.21 Å². The summed E-state index contributed by atoms with van der Waals surface area (Å²) in [6, 6.07) is 5.20. The van der Waals surface area contributed by atoms with E-state index in [9.17, 15) is 13.2 Å². The van der Waals surface area contributed by atoms with Crippen molar-refractivity contribution in [3.63, 3.8) is 0 Å². The number of anilines is 1. The van der Waals surface area contributed by atoms with E-state index in [2.05, 4.69) is 0 Å². The number of methoxy groups -OCH3 is 2. The zero-order valence-corrected chi connectivity index (χ0v) is 18.8. The number of fused-ring (bicyclic) bond motifs is 1. The van der Waals surface area contributed by atoms with Gasteiger partial charge in [-0.15, -0.1) is 0 Å². The predicted molar refractivity (Wildman–Crippen MR) is 115 cm³/mol. The molecule has 168 valence electrons. The highest BCUT2D eigenvalue weighted by Gasteiger charge is 2.30. The minimum atomic E-state index is -3.46. The van der Waals surface area contributed by atoms with Crippen LogP contribution in [0.25, 0.3) is 0 Å². The van der Waals surface area contributed by atoms with Crippen LogP contribution < -0.4 is 4.90 Å². The minimum Gasteiger partial charge on any atom is -0.383 e. The number of sulfonamides is 1. The first-order chi connectivity index (χ1) is 14.5. The third-order valence-corrected chi connectivity index (χ3v) is 7.65. The van der Waals surface area contributed by atoms with E-state index in [1.54, 1.807) is 41.6 Å². The molecule has 0 saturated carbocycles. The molecule has 1 fully saturated rings. The summed E-state index contributed by atoms with van der Waals surface area (Å²) in [4.78, 5) is 17.2. The zero-order chi connectivity index (χ0) is 21.6. The Morgan fingerprint density at radius 2 is 1.70 bits per heavy atom. The number of rotatable bonds is 10. The number of carbonyl (C=O) groups is 1. The fourth-order valence-electron chi connectivity index (χ4n) is 4.06. The second-order valence-corrected chi connectivity index (χ2v) is 9.75. The molecule has 0 atom stereocenters. The van der Waals surface area contributed by atoms with Gasteiger partial charge in [-0.1, -0.05) is 0 Å². The number of ether oxygens (including phenoxy) is 2. The predicted octanol–water partition coefficient (Wildman–Crippen LogP) is 1.35. The molecule has 0 radical (unpaired) electrons. The van der Waals surface area contributed by atoms with Crippen LogP contribution in [0.4, 0.5) is 5.69 Å². The molecule has 2 aliphatic heterocycles. The highest BCUT2D eigenvalue weighted by molar-refractivity contribution is 7.89. The van der Waals surface area contributed by atoms with Crippen LogP contribution in [0.15, 0.2) is 23.1 Å². The van der Waals surface area contributed by atoms with Crippen molar-refractivity contribution in [1.29, 1.82) is 0 Å². The second-order valence-electron chi connectivity index (χ2n) is 7.81. The molecule has 1 amide bonds.